The van der Waals surface area contributed by atoms with Crippen LogP contribution < -0.4 is 0 Å². The summed E-state index contributed by atoms with van der Waals surface area (Å²) in [7, 11) is 1.80. The molecule has 2 nitrogen and oxygen atoms in total. The third-order valence-corrected chi connectivity index (χ3v) is 1.93. The van der Waals surface area contributed by atoms with E-state index in [0.29, 0.717) is 0 Å². The fourth-order valence-corrected chi connectivity index (χ4v) is 0.952. The lowest BCUT2D eigenvalue weighted by Gasteiger charge is -2.19. The Bertz CT molecular complexity index is 216. The van der Waals surface area contributed by atoms with Crippen LogP contribution in [0.2, 0.25) is 0 Å². The van der Waals surface area contributed by atoms with Crippen LogP contribution in [-0.2, 0) is 4.79 Å². The van der Waals surface area contributed by atoms with Gasteiger partial charge < -0.3 is 4.90 Å². The molecule has 0 rings (SSSR count). The first-order chi connectivity index (χ1) is 6.00. The van der Waals surface area contributed by atoms with Gasteiger partial charge in [0.15, 0.2) is 0 Å². The van der Waals surface area contributed by atoms with E-state index in [1.807, 2.05) is 32.9 Å². The standard InChI is InChI=1S/C11H19NO/c1-6-7-8-10(4)12(5)11(13)9(2)3/h6,8-9H,1,7H2,2-5H3. The fourth-order valence-electron chi connectivity index (χ4n) is 0.952. The zero-order valence-electron chi connectivity index (χ0n) is 9.00. The van der Waals surface area contributed by atoms with Crippen LogP contribution in [0.25, 0.3) is 0 Å². The van der Waals surface area contributed by atoms with E-state index in [-0.39, 0.29) is 11.8 Å². The Hall–Kier alpha value is -1.05. The number of hydrogen-bond donors (Lipinski definition) is 0. The van der Waals surface area contributed by atoms with Crippen LogP contribution in [-0.4, -0.2) is 17.9 Å². The van der Waals surface area contributed by atoms with Gasteiger partial charge in [-0.1, -0.05) is 26.0 Å². The molecular formula is C11H19NO. The maximum absolute atomic E-state index is 11.5. The lowest BCUT2D eigenvalue weighted by atomic mass is 10.2. The summed E-state index contributed by atoms with van der Waals surface area (Å²) < 4.78 is 0. The van der Waals surface area contributed by atoms with Crippen molar-refractivity contribution in [1.82, 2.24) is 4.90 Å². The second-order valence-corrected chi connectivity index (χ2v) is 3.42. The number of carbonyl (C=O) groups is 1. The van der Waals surface area contributed by atoms with Gasteiger partial charge in [0, 0.05) is 18.7 Å². The Kier molecular flexibility index (Phi) is 5.12. The van der Waals surface area contributed by atoms with Gasteiger partial charge in [0.25, 0.3) is 0 Å². The van der Waals surface area contributed by atoms with Crippen molar-refractivity contribution in [3.05, 3.63) is 24.4 Å². The molecule has 0 aliphatic carbocycles. The van der Waals surface area contributed by atoms with E-state index in [1.54, 1.807) is 11.9 Å². The molecular weight excluding hydrogens is 162 g/mol. The molecule has 0 unspecified atom stereocenters. The highest BCUT2D eigenvalue weighted by Crippen LogP contribution is 2.07. The van der Waals surface area contributed by atoms with Crippen molar-refractivity contribution in [1.29, 1.82) is 0 Å². The van der Waals surface area contributed by atoms with Gasteiger partial charge in [-0.3, -0.25) is 4.79 Å². The van der Waals surface area contributed by atoms with Gasteiger partial charge in [-0.2, -0.15) is 0 Å². The van der Waals surface area contributed by atoms with Crippen LogP contribution in [0.3, 0.4) is 0 Å². The van der Waals surface area contributed by atoms with E-state index in [9.17, 15) is 4.79 Å². The second-order valence-electron chi connectivity index (χ2n) is 3.42. The van der Waals surface area contributed by atoms with Gasteiger partial charge in [-0.05, 0) is 13.3 Å². The number of hydrogen-bond acceptors (Lipinski definition) is 1. The van der Waals surface area contributed by atoms with Gasteiger partial charge in [0.1, 0.15) is 0 Å². The number of nitrogens with zero attached hydrogens (tertiary/aromatic N) is 1. The summed E-state index contributed by atoms with van der Waals surface area (Å²) in [5.41, 5.74) is 0.985. The van der Waals surface area contributed by atoms with Gasteiger partial charge in [-0.15, -0.1) is 6.58 Å². The molecule has 0 aliphatic rings. The topological polar surface area (TPSA) is 20.3 Å². The van der Waals surface area contributed by atoms with Gasteiger partial charge >= 0.3 is 0 Å². The first-order valence-electron chi connectivity index (χ1n) is 4.56. The van der Waals surface area contributed by atoms with Crippen molar-refractivity contribution in [2.75, 3.05) is 7.05 Å². The quantitative estimate of drug-likeness (QED) is 0.610. The molecule has 1 amide bonds. The smallest absolute Gasteiger partial charge is 0.228 e. The molecule has 0 radical (unpaired) electrons. The molecule has 0 fully saturated rings. The molecule has 0 bridgehead atoms. The summed E-state index contributed by atoms with van der Waals surface area (Å²) in [4.78, 5) is 13.2. The molecule has 13 heavy (non-hydrogen) atoms. The van der Waals surface area contributed by atoms with Crippen molar-refractivity contribution in [3.8, 4) is 0 Å². The number of carbonyl (C=O) groups excluding carboxylic acids is 1. The minimum Gasteiger partial charge on any atom is -0.320 e. The maximum atomic E-state index is 11.5. The summed E-state index contributed by atoms with van der Waals surface area (Å²) in [5.74, 6) is 0.204. The van der Waals surface area contributed by atoms with Crippen LogP contribution >= 0.6 is 0 Å². The summed E-state index contributed by atoms with van der Waals surface area (Å²) in [5, 5.41) is 0. The zero-order chi connectivity index (χ0) is 10.4. The van der Waals surface area contributed by atoms with Crippen LogP contribution in [0.15, 0.2) is 24.4 Å². The molecule has 0 aromatic heterocycles. The van der Waals surface area contributed by atoms with Gasteiger partial charge in [-0.25, -0.2) is 0 Å². The highest BCUT2D eigenvalue weighted by molar-refractivity contribution is 5.79. The second kappa shape index (κ2) is 5.57. The molecule has 0 spiro atoms. The predicted octanol–water partition coefficient (Wildman–Crippen LogP) is 2.58. The molecule has 0 aliphatic heterocycles. The van der Waals surface area contributed by atoms with Crippen LogP contribution in [0, 0.1) is 5.92 Å². The predicted molar refractivity (Wildman–Crippen MR) is 56.2 cm³/mol. The largest absolute Gasteiger partial charge is 0.320 e. The Morgan fingerprint density at radius 3 is 2.46 bits per heavy atom. The molecule has 0 aromatic rings. The fraction of sp³-hybridized carbons (Fsp3) is 0.545. The summed E-state index contributed by atoms with van der Waals surface area (Å²) in [6.07, 6.45) is 4.62. The summed E-state index contributed by atoms with van der Waals surface area (Å²) in [6.45, 7) is 9.36. The van der Waals surface area contributed by atoms with E-state index in [2.05, 4.69) is 6.58 Å². The number of amides is 1. The number of allylic oxidation sites excluding steroid dienone is 3. The molecule has 0 aromatic carbocycles. The highest BCUT2D eigenvalue weighted by atomic mass is 16.2. The molecule has 0 N–H and O–H groups in total. The molecule has 0 heterocycles. The van der Waals surface area contributed by atoms with Crippen LogP contribution in [0.4, 0.5) is 0 Å². The first-order valence-corrected chi connectivity index (χ1v) is 4.56. The molecule has 0 saturated carbocycles. The summed E-state index contributed by atoms with van der Waals surface area (Å²) >= 11 is 0. The molecule has 0 saturated heterocycles. The monoisotopic (exact) mass is 181 g/mol. The van der Waals surface area contributed by atoms with Crippen molar-refractivity contribution in [2.24, 2.45) is 5.92 Å². The normalized spacial score (nSPS) is 11.6. The SMILES string of the molecule is C=CCC=C(C)N(C)C(=O)C(C)C. The zero-order valence-corrected chi connectivity index (χ0v) is 9.00. The van der Waals surface area contributed by atoms with E-state index in [0.717, 1.165) is 12.1 Å². The molecule has 0 atom stereocenters. The Morgan fingerprint density at radius 1 is 1.54 bits per heavy atom. The highest BCUT2D eigenvalue weighted by Gasteiger charge is 2.13. The summed E-state index contributed by atoms with van der Waals surface area (Å²) in [6, 6.07) is 0. The van der Waals surface area contributed by atoms with Crippen molar-refractivity contribution in [2.45, 2.75) is 27.2 Å². The molecule has 74 valence electrons. The minimum absolute atomic E-state index is 0.0529. The van der Waals surface area contributed by atoms with E-state index in [4.69, 9.17) is 0 Å². The Morgan fingerprint density at radius 2 is 2.08 bits per heavy atom. The van der Waals surface area contributed by atoms with Gasteiger partial charge in [0.05, 0.1) is 0 Å². The van der Waals surface area contributed by atoms with Crippen molar-refractivity contribution in [3.63, 3.8) is 0 Å². The Labute approximate surface area is 80.9 Å². The van der Waals surface area contributed by atoms with Crippen molar-refractivity contribution >= 4 is 5.91 Å². The van der Waals surface area contributed by atoms with Crippen LogP contribution in [0.5, 0.6) is 0 Å². The van der Waals surface area contributed by atoms with Gasteiger partial charge in [0.2, 0.25) is 5.91 Å². The lowest BCUT2D eigenvalue weighted by Crippen LogP contribution is -2.28. The average Bonchev–Trinajstić information content (AvgIpc) is 2.11. The first kappa shape index (κ1) is 11.9. The van der Waals surface area contributed by atoms with Crippen molar-refractivity contribution < 1.29 is 4.79 Å². The average molecular weight is 181 g/mol. The lowest BCUT2D eigenvalue weighted by molar-refractivity contribution is -0.131. The van der Waals surface area contributed by atoms with E-state index < -0.39 is 0 Å². The number of rotatable bonds is 4. The molecule has 2 heteroatoms. The Balaban J connectivity index is 4.32. The van der Waals surface area contributed by atoms with E-state index >= 15 is 0 Å². The maximum Gasteiger partial charge on any atom is 0.228 e. The minimum atomic E-state index is 0.0529. The third kappa shape index (κ3) is 3.92. The van der Waals surface area contributed by atoms with Crippen LogP contribution in [0.1, 0.15) is 27.2 Å². The van der Waals surface area contributed by atoms with E-state index in [1.165, 1.54) is 0 Å². The third-order valence-electron chi connectivity index (χ3n) is 1.93.